The van der Waals surface area contributed by atoms with Crippen molar-refractivity contribution in [2.24, 2.45) is 4.99 Å². The summed E-state index contributed by atoms with van der Waals surface area (Å²) in [5, 5.41) is 7.20. The van der Waals surface area contributed by atoms with Crippen LogP contribution in [-0.2, 0) is 22.8 Å². The molecule has 2 rings (SSSR count). The highest BCUT2D eigenvalue weighted by atomic mass is 35.5. The summed E-state index contributed by atoms with van der Waals surface area (Å²) < 4.78 is 23.0. The molecule has 0 heterocycles. The van der Waals surface area contributed by atoms with Gasteiger partial charge in [-0.3, -0.25) is 0 Å². The molecule has 0 saturated heterocycles. The maximum atomic E-state index is 11.5. The van der Waals surface area contributed by atoms with Crippen LogP contribution in [0.2, 0.25) is 5.02 Å². The van der Waals surface area contributed by atoms with Crippen LogP contribution < -0.4 is 10.6 Å². The van der Waals surface area contributed by atoms with Gasteiger partial charge in [0, 0.05) is 24.4 Å². The minimum absolute atomic E-state index is 0.339. The first-order valence-electron chi connectivity index (χ1n) is 8.44. The van der Waals surface area contributed by atoms with Gasteiger partial charge in [0.25, 0.3) is 0 Å². The number of guanidine groups is 1. The molecule has 0 aliphatic heterocycles. The molecule has 0 radical (unpaired) electrons. The molecule has 2 N–H and O–H groups in total. The highest BCUT2D eigenvalue weighted by Gasteiger charge is 2.06. The Morgan fingerprint density at radius 2 is 1.81 bits per heavy atom. The molecule has 0 bridgehead atoms. The van der Waals surface area contributed by atoms with Crippen molar-refractivity contribution in [2.75, 3.05) is 19.3 Å². The summed E-state index contributed by atoms with van der Waals surface area (Å²) in [5.41, 5.74) is 2.11. The molecule has 0 aliphatic carbocycles. The van der Waals surface area contributed by atoms with Crippen LogP contribution in [0.5, 0.6) is 0 Å². The van der Waals surface area contributed by atoms with Gasteiger partial charge in [0.15, 0.2) is 15.8 Å². The normalized spacial score (nSPS) is 12.0. The standard InChI is InChI=1S/C19H24ClN3O2S/c1-3-21-19(23-14-16-5-4-6-17(20)13-16)22-12-11-15-7-9-18(10-8-15)26(2,24)25/h4-10,13H,3,11-12,14H2,1-2H3,(H2,21,22,23). The molecule has 0 unspecified atom stereocenters. The van der Waals surface area contributed by atoms with Gasteiger partial charge in [-0.1, -0.05) is 35.9 Å². The lowest BCUT2D eigenvalue weighted by molar-refractivity contribution is 0.602. The van der Waals surface area contributed by atoms with E-state index in [0.29, 0.717) is 23.0 Å². The number of benzene rings is 2. The zero-order valence-electron chi connectivity index (χ0n) is 15.0. The van der Waals surface area contributed by atoms with Gasteiger partial charge in [-0.2, -0.15) is 0 Å². The van der Waals surface area contributed by atoms with E-state index in [0.717, 1.165) is 30.1 Å². The molecule has 0 amide bonds. The minimum Gasteiger partial charge on any atom is -0.357 e. The van der Waals surface area contributed by atoms with E-state index in [9.17, 15) is 8.42 Å². The smallest absolute Gasteiger partial charge is 0.191 e. The second-order valence-electron chi connectivity index (χ2n) is 5.92. The third-order valence-electron chi connectivity index (χ3n) is 3.71. The molecular weight excluding hydrogens is 370 g/mol. The Bertz CT molecular complexity index is 849. The predicted molar refractivity (Wildman–Crippen MR) is 108 cm³/mol. The molecule has 5 nitrogen and oxygen atoms in total. The molecule has 26 heavy (non-hydrogen) atoms. The molecular formula is C19H24ClN3O2S. The molecule has 0 aromatic heterocycles. The maximum absolute atomic E-state index is 11.5. The average molecular weight is 394 g/mol. The van der Waals surface area contributed by atoms with Crippen LogP contribution in [-0.4, -0.2) is 33.7 Å². The summed E-state index contributed by atoms with van der Waals surface area (Å²) in [7, 11) is -3.15. The van der Waals surface area contributed by atoms with E-state index in [4.69, 9.17) is 11.6 Å². The van der Waals surface area contributed by atoms with Crippen molar-refractivity contribution in [3.63, 3.8) is 0 Å². The van der Waals surface area contributed by atoms with Gasteiger partial charge in [-0.25, -0.2) is 13.4 Å². The largest absolute Gasteiger partial charge is 0.357 e. The molecule has 0 spiro atoms. The lowest BCUT2D eigenvalue weighted by atomic mass is 10.1. The quantitative estimate of drug-likeness (QED) is 0.560. The van der Waals surface area contributed by atoms with Gasteiger partial charge in [0.2, 0.25) is 0 Å². The second kappa shape index (κ2) is 9.59. The van der Waals surface area contributed by atoms with E-state index < -0.39 is 9.84 Å². The SMILES string of the molecule is CCNC(=NCc1cccc(Cl)c1)NCCc1ccc(S(C)(=O)=O)cc1. The van der Waals surface area contributed by atoms with Gasteiger partial charge >= 0.3 is 0 Å². The monoisotopic (exact) mass is 393 g/mol. The number of nitrogens with zero attached hydrogens (tertiary/aromatic N) is 1. The fraction of sp³-hybridized carbons (Fsp3) is 0.316. The Hall–Kier alpha value is -2.05. The van der Waals surface area contributed by atoms with Crippen molar-refractivity contribution in [1.29, 1.82) is 0 Å². The zero-order chi connectivity index (χ0) is 19.0. The van der Waals surface area contributed by atoms with Crippen LogP contribution in [0.1, 0.15) is 18.1 Å². The number of hydrogen-bond acceptors (Lipinski definition) is 3. The zero-order valence-corrected chi connectivity index (χ0v) is 16.6. The molecule has 0 aliphatic rings. The van der Waals surface area contributed by atoms with Crippen molar-refractivity contribution >= 4 is 27.4 Å². The van der Waals surface area contributed by atoms with Crippen molar-refractivity contribution in [3.05, 3.63) is 64.7 Å². The fourth-order valence-electron chi connectivity index (χ4n) is 2.38. The van der Waals surface area contributed by atoms with Gasteiger partial charge in [-0.05, 0) is 48.7 Å². The number of aliphatic imine (C=N–C) groups is 1. The van der Waals surface area contributed by atoms with Crippen LogP contribution in [0.3, 0.4) is 0 Å². The maximum Gasteiger partial charge on any atom is 0.191 e. The summed E-state index contributed by atoms with van der Waals surface area (Å²) >= 11 is 5.99. The molecule has 0 atom stereocenters. The van der Waals surface area contributed by atoms with Gasteiger partial charge in [0.1, 0.15) is 0 Å². The first-order chi connectivity index (χ1) is 12.4. The highest BCUT2D eigenvalue weighted by molar-refractivity contribution is 7.90. The van der Waals surface area contributed by atoms with Crippen molar-refractivity contribution in [3.8, 4) is 0 Å². The van der Waals surface area contributed by atoms with E-state index in [1.54, 1.807) is 12.1 Å². The van der Waals surface area contributed by atoms with Crippen LogP contribution in [0.15, 0.2) is 58.4 Å². The van der Waals surface area contributed by atoms with Gasteiger partial charge in [-0.15, -0.1) is 0 Å². The molecule has 140 valence electrons. The van der Waals surface area contributed by atoms with E-state index in [1.165, 1.54) is 6.26 Å². The summed E-state index contributed by atoms with van der Waals surface area (Å²) in [4.78, 5) is 4.90. The Kier molecular flexibility index (Phi) is 7.48. The first-order valence-corrected chi connectivity index (χ1v) is 10.7. The van der Waals surface area contributed by atoms with Crippen LogP contribution in [0, 0.1) is 0 Å². The summed E-state index contributed by atoms with van der Waals surface area (Å²) in [6.07, 6.45) is 1.98. The number of sulfone groups is 1. The lowest BCUT2D eigenvalue weighted by Gasteiger charge is -2.11. The molecule has 0 fully saturated rings. The van der Waals surface area contributed by atoms with Crippen molar-refractivity contribution in [2.45, 2.75) is 24.8 Å². The molecule has 7 heteroatoms. The number of halogens is 1. The molecule has 0 saturated carbocycles. The Morgan fingerprint density at radius 1 is 1.08 bits per heavy atom. The first kappa shape index (κ1) is 20.3. The molecule has 2 aromatic rings. The number of nitrogens with one attached hydrogen (secondary N) is 2. The van der Waals surface area contributed by atoms with Gasteiger partial charge in [0.05, 0.1) is 11.4 Å². The minimum atomic E-state index is -3.15. The van der Waals surface area contributed by atoms with E-state index in [1.807, 2.05) is 43.3 Å². The predicted octanol–water partition coefficient (Wildman–Crippen LogP) is 3.04. The summed E-state index contributed by atoms with van der Waals surface area (Å²) in [6, 6.07) is 14.6. The van der Waals surface area contributed by atoms with Crippen molar-refractivity contribution < 1.29 is 8.42 Å². The molecule has 2 aromatic carbocycles. The number of hydrogen-bond donors (Lipinski definition) is 2. The highest BCUT2D eigenvalue weighted by Crippen LogP contribution is 2.12. The van der Waals surface area contributed by atoms with Crippen LogP contribution in [0.25, 0.3) is 0 Å². The van der Waals surface area contributed by atoms with Gasteiger partial charge < -0.3 is 10.6 Å². The fourth-order valence-corrected chi connectivity index (χ4v) is 3.22. The average Bonchev–Trinajstić information content (AvgIpc) is 2.59. The topological polar surface area (TPSA) is 70.6 Å². The van der Waals surface area contributed by atoms with Crippen LogP contribution >= 0.6 is 11.6 Å². The lowest BCUT2D eigenvalue weighted by Crippen LogP contribution is -2.38. The number of rotatable bonds is 7. The second-order valence-corrected chi connectivity index (χ2v) is 8.37. The Labute approximate surface area is 160 Å². The summed E-state index contributed by atoms with van der Waals surface area (Å²) in [5.74, 6) is 0.736. The van der Waals surface area contributed by atoms with Crippen LogP contribution in [0.4, 0.5) is 0 Å². The van der Waals surface area contributed by atoms with E-state index >= 15 is 0 Å². The van der Waals surface area contributed by atoms with E-state index in [2.05, 4.69) is 15.6 Å². The Morgan fingerprint density at radius 3 is 2.42 bits per heavy atom. The Balaban J connectivity index is 1.90. The summed E-state index contributed by atoms with van der Waals surface area (Å²) in [6.45, 7) is 4.02. The third kappa shape index (κ3) is 6.69. The third-order valence-corrected chi connectivity index (χ3v) is 5.07. The van der Waals surface area contributed by atoms with Crippen molar-refractivity contribution in [1.82, 2.24) is 10.6 Å². The van der Waals surface area contributed by atoms with E-state index in [-0.39, 0.29) is 0 Å².